The van der Waals surface area contributed by atoms with Gasteiger partial charge in [-0.25, -0.2) is 0 Å². The lowest BCUT2D eigenvalue weighted by molar-refractivity contribution is 0.0791. The Bertz CT molecular complexity index is 350. The van der Waals surface area contributed by atoms with E-state index in [2.05, 4.69) is 31.9 Å². The zero-order valence-electron chi connectivity index (χ0n) is 7.37. The first-order valence-corrected chi connectivity index (χ1v) is 6.05. The van der Waals surface area contributed by atoms with Crippen LogP contribution in [0, 0.1) is 0 Å². The van der Waals surface area contributed by atoms with E-state index in [9.17, 15) is 4.79 Å². The maximum Gasteiger partial charge on any atom is 0.258 e. The minimum Gasteiger partial charge on any atom is -0.457 e. The third-order valence-electron chi connectivity index (χ3n) is 2.27. The Morgan fingerprint density at radius 2 is 2.43 bits per heavy atom. The molecule has 76 valence electrons. The van der Waals surface area contributed by atoms with Crippen molar-refractivity contribution in [2.75, 3.05) is 13.1 Å². The van der Waals surface area contributed by atoms with Crippen LogP contribution in [0.4, 0.5) is 0 Å². The van der Waals surface area contributed by atoms with Gasteiger partial charge in [-0.1, -0.05) is 15.9 Å². The van der Waals surface area contributed by atoms with Crippen molar-refractivity contribution in [1.29, 1.82) is 0 Å². The summed E-state index contributed by atoms with van der Waals surface area (Å²) in [6, 6.07) is 1.69. The van der Waals surface area contributed by atoms with Gasteiger partial charge in [0.05, 0.1) is 11.8 Å². The van der Waals surface area contributed by atoms with Gasteiger partial charge in [0.15, 0.2) is 4.67 Å². The third kappa shape index (κ3) is 1.88. The Kier molecular flexibility index (Phi) is 2.97. The standard InChI is InChI=1S/C9H9Br2NO2/c10-6-1-3-12(5-6)9(13)7-2-4-14-8(7)11/h2,4,6H,1,3,5H2. The van der Waals surface area contributed by atoms with Gasteiger partial charge in [-0.15, -0.1) is 0 Å². The van der Waals surface area contributed by atoms with Crippen LogP contribution in [0.3, 0.4) is 0 Å². The van der Waals surface area contributed by atoms with Crippen LogP contribution in [0.2, 0.25) is 0 Å². The summed E-state index contributed by atoms with van der Waals surface area (Å²) < 4.78 is 5.54. The highest BCUT2D eigenvalue weighted by molar-refractivity contribution is 9.10. The third-order valence-corrected chi connectivity index (χ3v) is 3.63. The number of nitrogens with zero attached hydrogens (tertiary/aromatic N) is 1. The van der Waals surface area contributed by atoms with Crippen molar-refractivity contribution in [2.45, 2.75) is 11.2 Å². The minimum atomic E-state index is 0.0348. The number of hydrogen-bond acceptors (Lipinski definition) is 2. The molecule has 1 saturated heterocycles. The number of halogens is 2. The second kappa shape index (κ2) is 4.06. The molecule has 0 radical (unpaired) electrons. The molecule has 5 heteroatoms. The molecule has 0 spiro atoms. The lowest BCUT2D eigenvalue weighted by Crippen LogP contribution is -2.28. The van der Waals surface area contributed by atoms with E-state index in [1.165, 1.54) is 6.26 Å². The number of likely N-dealkylation sites (tertiary alicyclic amines) is 1. The summed E-state index contributed by atoms with van der Waals surface area (Å²) in [5.41, 5.74) is 0.603. The SMILES string of the molecule is O=C(c1ccoc1Br)N1CCC(Br)C1. The highest BCUT2D eigenvalue weighted by Crippen LogP contribution is 2.23. The Balaban J connectivity index is 2.13. The molecule has 0 aromatic carbocycles. The molecule has 0 bridgehead atoms. The molecule has 1 atom stereocenters. The van der Waals surface area contributed by atoms with E-state index in [4.69, 9.17) is 4.42 Å². The normalized spacial score (nSPS) is 21.6. The molecule has 14 heavy (non-hydrogen) atoms. The molecular formula is C9H9Br2NO2. The van der Waals surface area contributed by atoms with Gasteiger partial charge in [-0.05, 0) is 28.4 Å². The molecule has 1 amide bonds. The molecule has 1 aliphatic rings. The summed E-state index contributed by atoms with van der Waals surface area (Å²) >= 11 is 6.70. The number of hydrogen-bond donors (Lipinski definition) is 0. The van der Waals surface area contributed by atoms with Crippen molar-refractivity contribution >= 4 is 37.8 Å². The first kappa shape index (κ1) is 10.2. The maximum absolute atomic E-state index is 11.9. The van der Waals surface area contributed by atoms with Crippen LogP contribution in [-0.2, 0) is 0 Å². The predicted molar refractivity (Wildman–Crippen MR) is 59.6 cm³/mol. The molecule has 1 fully saturated rings. The number of rotatable bonds is 1. The molecule has 0 saturated carbocycles. The van der Waals surface area contributed by atoms with E-state index in [1.807, 2.05) is 4.90 Å². The van der Waals surface area contributed by atoms with Gasteiger partial charge in [0.1, 0.15) is 0 Å². The second-order valence-electron chi connectivity index (χ2n) is 3.25. The van der Waals surface area contributed by atoms with E-state index in [0.717, 1.165) is 19.5 Å². The fourth-order valence-corrected chi connectivity index (χ4v) is 2.48. The fourth-order valence-electron chi connectivity index (χ4n) is 1.52. The van der Waals surface area contributed by atoms with Crippen LogP contribution in [0.25, 0.3) is 0 Å². The highest BCUT2D eigenvalue weighted by atomic mass is 79.9. The van der Waals surface area contributed by atoms with Crippen molar-refractivity contribution < 1.29 is 9.21 Å². The number of carbonyl (C=O) groups is 1. The monoisotopic (exact) mass is 321 g/mol. The van der Waals surface area contributed by atoms with Gasteiger partial charge in [-0.3, -0.25) is 4.79 Å². The quantitative estimate of drug-likeness (QED) is 0.745. The van der Waals surface area contributed by atoms with Crippen molar-refractivity contribution in [2.24, 2.45) is 0 Å². The van der Waals surface area contributed by atoms with E-state index in [0.29, 0.717) is 15.1 Å². The maximum atomic E-state index is 11.9. The van der Waals surface area contributed by atoms with Crippen LogP contribution in [0.5, 0.6) is 0 Å². The average molecular weight is 323 g/mol. The van der Waals surface area contributed by atoms with Crippen LogP contribution in [0.1, 0.15) is 16.8 Å². The molecule has 2 rings (SSSR count). The minimum absolute atomic E-state index is 0.0348. The van der Waals surface area contributed by atoms with Crippen molar-refractivity contribution in [3.05, 3.63) is 22.6 Å². The van der Waals surface area contributed by atoms with E-state index >= 15 is 0 Å². The zero-order valence-corrected chi connectivity index (χ0v) is 10.5. The molecule has 1 aromatic rings. The van der Waals surface area contributed by atoms with Gasteiger partial charge < -0.3 is 9.32 Å². The van der Waals surface area contributed by atoms with Gasteiger partial charge >= 0.3 is 0 Å². The Hall–Kier alpha value is -0.290. The van der Waals surface area contributed by atoms with Crippen LogP contribution >= 0.6 is 31.9 Å². The summed E-state index contributed by atoms with van der Waals surface area (Å²) in [5.74, 6) is 0.0348. The lowest BCUT2D eigenvalue weighted by Gasteiger charge is -2.14. The van der Waals surface area contributed by atoms with Crippen molar-refractivity contribution in [3.8, 4) is 0 Å². The molecule has 1 aromatic heterocycles. The zero-order chi connectivity index (χ0) is 10.1. The largest absolute Gasteiger partial charge is 0.457 e. The number of carbonyl (C=O) groups excluding carboxylic acids is 1. The Morgan fingerprint density at radius 1 is 1.64 bits per heavy atom. The number of amides is 1. The molecule has 1 unspecified atom stereocenters. The van der Waals surface area contributed by atoms with Gasteiger partial charge in [0.2, 0.25) is 0 Å². The molecule has 0 aliphatic carbocycles. The topological polar surface area (TPSA) is 33.5 Å². The second-order valence-corrected chi connectivity index (χ2v) is 5.26. The molecule has 3 nitrogen and oxygen atoms in total. The van der Waals surface area contributed by atoms with Gasteiger partial charge in [0.25, 0.3) is 5.91 Å². The smallest absolute Gasteiger partial charge is 0.258 e. The summed E-state index contributed by atoms with van der Waals surface area (Å²) in [4.78, 5) is 14.1. The lowest BCUT2D eigenvalue weighted by atomic mass is 10.3. The first-order chi connectivity index (χ1) is 6.68. The predicted octanol–water partition coefficient (Wildman–Crippen LogP) is 2.65. The van der Waals surface area contributed by atoms with E-state index in [1.54, 1.807) is 6.07 Å². The van der Waals surface area contributed by atoms with Crippen molar-refractivity contribution in [1.82, 2.24) is 4.90 Å². The summed E-state index contributed by atoms with van der Waals surface area (Å²) in [5, 5.41) is 0. The summed E-state index contributed by atoms with van der Waals surface area (Å²) in [6.45, 7) is 1.59. The van der Waals surface area contributed by atoms with Gasteiger partial charge in [-0.2, -0.15) is 0 Å². The van der Waals surface area contributed by atoms with Crippen LogP contribution < -0.4 is 0 Å². The highest BCUT2D eigenvalue weighted by Gasteiger charge is 2.27. The fraction of sp³-hybridized carbons (Fsp3) is 0.444. The summed E-state index contributed by atoms with van der Waals surface area (Å²) in [6.07, 6.45) is 2.53. The first-order valence-electron chi connectivity index (χ1n) is 4.35. The number of furan rings is 1. The Morgan fingerprint density at radius 3 is 2.93 bits per heavy atom. The van der Waals surface area contributed by atoms with Crippen LogP contribution in [0.15, 0.2) is 21.4 Å². The average Bonchev–Trinajstić information content (AvgIpc) is 2.73. The molecule has 0 N–H and O–H groups in total. The molecule has 1 aliphatic heterocycles. The van der Waals surface area contributed by atoms with Crippen LogP contribution in [-0.4, -0.2) is 28.7 Å². The van der Waals surface area contributed by atoms with E-state index in [-0.39, 0.29) is 5.91 Å². The van der Waals surface area contributed by atoms with Crippen molar-refractivity contribution in [3.63, 3.8) is 0 Å². The van der Waals surface area contributed by atoms with E-state index < -0.39 is 0 Å². The summed E-state index contributed by atoms with van der Waals surface area (Å²) in [7, 11) is 0. The number of alkyl halides is 1. The Labute approximate surface area is 98.7 Å². The van der Waals surface area contributed by atoms with Gasteiger partial charge in [0, 0.05) is 17.9 Å². The molecule has 2 heterocycles. The molecular weight excluding hydrogens is 314 g/mol.